The molecule has 0 aromatic heterocycles. The average molecular weight is 849 g/mol. The van der Waals surface area contributed by atoms with Gasteiger partial charge in [0.05, 0.1) is 0 Å². The van der Waals surface area contributed by atoms with Crippen molar-refractivity contribution >= 4 is 17.9 Å². The zero-order valence-electron chi connectivity index (χ0n) is 40.8. The summed E-state index contributed by atoms with van der Waals surface area (Å²) in [6.07, 6.45) is 53.7. The van der Waals surface area contributed by atoms with Gasteiger partial charge in [0.1, 0.15) is 13.2 Å². The van der Waals surface area contributed by atoms with Crippen molar-refractivity contribution in [1.29, 1.82) is 0 Å². The summed E-state index contributed by atoms with van der Waals surface area (Å²) in [5.74, 6) is -0.838. The van der Waals surface area contributed by atoms with Crippen molar-refractivity contribution < 1.29 is 28.6 Å². The van der Waals surface area contributed by atoms with Crippen LogP contribution in [0, 0.1) is 0 Å². The van der Waals surface area contributed by atoms with Crippen LogP contribution in [0.2, 0.25) is 0 Å². The van der Waals surface area contributed by atoms with Gasteiger partial charge >= 0.3 is 17.9 Å². The van der Waals surface area contributed by atoms with Crippen molar-refractivity contribution in [1.82, 2.24) is 0 Å². The molecular formula is C54H104O6. The van der Waals surface area contributed by atoms with Gasteiger partial charge in [0.25, 0.3) is 0 Å². The first-order valence-electron chi connectivity index (χ1n) is 27.0. The molecule has 0 saturated heterocycles. The first kappa shape index (κ1) is 58.4. The van der Waals surface area contributed by atoms with E-state index < -0.39 is 6.10 Å². The highest BCUT2D eigenvalue weighted by Crippen LogP contribution is 2.17. The Labute approximate surface area is 374 Å². The molecule has 0 bridgehead atoms. The van der Waals surface area contributed by atoms with Crippen molar-refractivity contribution in [2.45, 2.75) is 316 Å². The number of hydrogen-bond donors (Lipinski definition) is 0. The monoisotopic (exact) mass is 849 g/mol. The topological polar surface area (TPSA) is 78.9 Å². The molecule has 0 heterocycles. The zero-order valence-corrected chi connectivity index (χ0v) is 40.8. The molecule has 1 atom stereocenters. The normalized spacial score (nSPS) is 11.8. The molecule has 0 aromatic rings. The van der Waals surface area contributed by atoms with E-state index in [-0.39, 0.29) is 31.1 Å². The van der Waals surface area contributed by atoms with Crippen LogP contribution in [-0.4, -0.2) is 37.2 Å². The highest BCUT2D eigenvalue weighted by molar-refractivity contribution is 5.71. The summed E-state index contributed by atoms with van der Waals surface area (Å²) in [7, 11) is 0. The molecular weight excluding hydrogens is 745 g/mol. The molecule has 0 fully saturated rings. The number of unbranched alkanes of at least 4 members (excludes halogenated alkanes) is 39. The van der Waals surface area contributed by atoms with E-state index in [2.05, 4.69) is 20.8 Å². The molecule has 0 saturated carbocycles. The van der Waals surface area contributed by atoms with Crippen LogP contribution in [0.1, 0.15) is 310 Å². The van der Waals surface area contributed by atoms with E-state index in [1.165, 1.54) is 212 Å². The molecule has 0 amide bonds. The van der Waals surface area contributed by atoms with Crippen LogP contribution < -0.4 is 0 Å². The average Bonchev–Trinajstić information content (AvgIpc) is 3.24. The minimum Gasteiger partial charge on any atom is -0.462 e. The predicted octanol–water partition coefficient (Wildman–Crippen LogP) is 17.6. The number of hydrogen-bond acceptors (Lipinski definition) is 6. The number of carbonyl (C=O) groups is 3. The third kappa shape index (κ3) is 47.5. The second-order valence-corrected chi connectivity index (χ2v) is 18.5. The first-order valence-corrected chi connectivity index (χ1v) is 27.0. The van der Waals surface area contributed by atoms with Crippen LogP contribution >= 0.6 is 0 Å². The molecule has 6 nitrogen and oxygen atoms in total. The van der Waals surface area contributed by atoms with Crippen molar-refractivity contribution in [2.75, 3.05) is 13.2 Å². The Morgan fingerprint density at radius 2 is 0.450 bits per heavy atom. The number of esters is 3. The fourth-order valence-electron chi connectivity index (χ4n) is 8.27. The molecule has 0 aromatic carbocycles. The van der Waals surface area contributed by atoms with E-state index in [1.807, 2.05) is 0 Å². The van der Waals surface area contributed by atoms with Gasteiger partial charge in [-0.05, 0) is 19.3 Å². The SMILES string of the molecule is CCCCCCCCCCCCCCCCCCCC(=O)OC[C@H](COC(=O)CCCCCCCCCCCCCCCC)OC(=O)CCCCCCCCCCCCC. The molecule has 60 heavy (non-hydrogen) atoms. The van der Waals surface area contributed by atoms with E-state index in [0.29, 0.717) is 19.3 Å². The third-order valence-corrected chi connectivity index (χ3v) is 12.4. The lowest BCUT2D eigenvalue weighted by molar-refractivity contribution is -0.167. The van der Waals surface area contributed by atoms with Gasteiger partial charge in [-0.25, -0.2) is 0 Å². The number of ether oxygens (including phenoxy) is 3. The van der Waals surface area contributed by atoms with Crippen LogP contribution in [0.15, 0.2) is 0 Å². The highest BCUT2D eigenvalue weighted by Gasteiger charge is 2.19. The Morgan fingerprint density at radius 3 is 0.667 bits per heavy atom. The maximum atomic E-state index is 12.8. The number of carbonyl (C=O) groups excluding carboxylic acids is 3. The van der Waals surface area contributed by atoms with Crippen LogP contribution in [0.5, 0.6) is 0 Å². The molecule has 356 valence electrons. The van der Waals surface area contributed by atoms with Crippen molar-refractivity contribution in [2.24, 2.45) is 0 Å². The fourth-order valence-corrected chi connectivity index (χ4v) is 8.27. The van der Waals surface area contributed by atoms with E-state index in [9.17, 15) is 14.4 Å². The zero-order chi connectivity index (χ0) is 43.7. The minimum atomic E-state index is -0.759. The summed E-state index contributed by atoms with van der Waals surface area (Å²) in [4.78, 5) is 38.0. The maximum Gasteiger partial charge on any atom is 0.306 e. The second kappa shape index (κ2) is 50.1. The van der Waals surface area contributed by atoms with E-state index >= 15 is 0 Å². The van der Waals surface area contributed by atoms with E-state index in [4.69, 9.17) is 14.2 Å². The summed E-state index contributed by atoms with van der Waals surface area (Å²) in [6.45, 7) is 6.68. The lowest BCUT2D eigenvalue weighted by Crippen LogP contribution is -2.30. The van der Waals surface area contributed by atoms with Gasteiger partial charge in [-0.3, -0.25) is 14.4 Å². The van der Waals surface area contributed by atoms with Gasteiger partial charge in [-0.15, -0.1) is 0 Å². The lowest BCUT2D eigenvalue weighted by atomic mass is 10.0. The van der Waals surface area contributed by atoms with Gasteiger partial charge in [0.2, 0.25) is 0 Å². The van der Waals surface area contributed by atoms with Gasteiger partial charge < -0.3 is 14.2 Å². The Morgan fingerprint density at radius 1 is 0.267 bits per heavy atom. The number of rotatable bonds is 50. The van der Waals surface area contributed by atoms with Gasteiger partial charge in [-0.2, -0.15) is 0 Å². The summed E-state index contributed by atoms with van der Waals surface area (Å²) in [5.41, 5.74) is 0. The molecule has 0 spiro atoms. The summed E-state index contributed by atoms with van der Waals surface area (Å²) < 4.78 is 16.8. The highest BCUT2D eigenvalue weighted by atomic mass is 16.6. The summed E-state index contributed by atoms with van der Waals surface area (Å²) in [5, 5.41) is 0. The minimum absolute atomic E-state index is 0.0616. The lowest BCUT2D eigenvalue weighted by Gasteiger charge is -2.18. The Kier molecular flexibility index (Phi) is 48.7. The van der Waals surface area contributed by atoms with Crippen LogP contribution in [0.4, 0.5) is 0 Å². The summed E-state index contributed by atoms with van der Waals surface area (Å²) in [6, 6.07) is 0. The molecule has 0 N–H and O–H groups in total. The van der Waals surface area contributed by atoms with Crippen molar-refractivity contribution in [3.8, 4) is 0 Å². The van der Waals surface area contributed by atoms with Crippen LogP contribution in [0.3, 0.4) is 0 Å². The van der Waals surface area contributed by atoms with Crippen LogP contribution in [-0.2, 0) is 28.6 Å². The summed E-state index contributed by atoms with van der Waals surface area (Å²) >= 11 is 0. The molecule has 0 rings (SSSR count). The first-order chi connectivity index (χ1) is 29.5. The van der Waals surface area contributed by atoms with Crippen molar-refractivity contribution in [3.05, 3.63) is 0 Å². The second-order valence-electron chi connectivity index (χ2n) is 18.5. The Hall–Kier alpha value is -1.59. The van der Waals surface area contributed by atoms with E-state index in [1.54, 1.807) is 0 Å². The van der Waals surface area contributed by atoms with Gasteiger partial charge in [0, 0.05) is 19.3 Å². The molecule has 0 unspecified atom stereocenters. The largest absolute Gasteiger partial charge is 0.462 e. The Bertz CT molecular complexity index is 889. The van der Waals surface area contributed by atoms with Crippen LogP contribution in [0.25, 0.3) is 0 Å². The molecule has 6 heteroatoms. The Balaban J connectivity index is 4.26. The molecule has 0 aliphatic rings. The van der Waals surface area contributed by atoms with E-state index in [0.717, 1.165) is 57.8 Å². The maximum absolute atomic E-state index is 12.8. The molecule has 0 aliphatic carbocycles. The van der Waals surface area contributed by atoms with Gasteiger partial charge in [0.15, 0.2) is 6.10 Å². The smallest absolute Gasteiger partial charge is 0.306 e. The standard InChI is InChI=1S/C54H104O6/c1-4-7-10-13-16-19-22-24-26-27-28-30-33-35-38-41-44-47-53(56)59-50-51(60-54(57)48-45-42-39-36-31-21-18-15-12-9-6-3)49-58-52(55)46-43-40-37-34-32-29-25-23-20-17-14-11-8-5-2/h51H,4-50H2,1-3H3/t51-/m0/s1. The third-order valence-electron chi connectivity index (χ3n) is 12.4. The molecule has 0 radical (unpaired) electrons. The van der Waals surface area contributed by atoms with Crippen molar-refractivity contribution in [3.63, 3.8) is 0 Å². The van der Waals surface area contributed by atoms with Gasteiger partial charge in [-0.1, -0.05) is 271 Å². The quantitative estimate of drug-likeness (QED) is 0.0345. The fraction of sp³-hybridized carbons (Fsp3) is 0.944. The predicted molar refractivity (Wildman–Crippen MR) is 257 cm³/mol. The molecule has 0 aliphatic heterocycles.